The number of nitrogens with two attached hydrogens (primary N) is 1. The lowest BCUT2D eigenvalue weighted by Crippen LogP contribution is -2.47. The summed E-state index contributed by atoms with van der Waals surface area (Å²) in [6.45, 7) is 0. The first-order valence-corrected chi connectivity index (χ1v) is 3.93. The van der Waals surface area contributed by atoms with Crippen LogP contribution in [-0.2, 0) is 11.8 Å². The van der Waals surface area contributed by atoms with E-state index in [4.69, 9.17) is 5.73 Å². The van der Waals surface area contributed by atoms with Crippen molar-refractivity contribution in [3.8, 4) is 0 Å². The molecule has 0 saturated carbocycles. The van der Waals surface area contributed by atoms with Crippen LogP contribution in [0.25, 0.3) is 0 Å². The molecule has 1 aromatic heterocycles. The zero-order valence-electron chi connectivity index (χ0n) is 8.15. The molecule has 1 aromatic rings. The van der Waals surface area contributed by atoms with Crippen LogP contribution in [0, 0.1) is 0 Å². The lowest BCUT2D eigenvalue weighted by molar-refractivity contribution is -0.159. The number of rotatable bonds is 2. The molecule has 5 nitrogen and oxygen atoms in total. The van der Waals surface area contributed by atoms with Gasteiger partial charge in [0.2, 0.25) is 0 Å². The molecule has 1 atom stereocenters. The number of alkyl halides is 3. The SMILES string of the molecule is Cl.Cn1nccc1NC(=O)C(N)C(F)(F)F. The van der Waals surface area contributed by atoms with E-state index >= 15 is 0 Å². The third-order valence-corrected chi connectivity index (χ3v) is 1.71. The molecule has 0 aromatic carbocycles. The van der Waals surface area contributed by atoms with Gasteiger partial charge in [-0.3, -0.25) is 9.48 Å². The Morgan fingerprint density at radius 2 is 2.19 bits per heavy atom. The maximum absolute atomic E-state index is 12.0. The molecule has 16 heavy (non-hydrogen) atoms. The molecule has 9 heteroatoms. The van der Waals surface area contributed by atoms with Gasteiger partial charge >= 0.3 is 6.18 Å². The average molecular weight is 259 g/mol. The first-order valence-electron chi connectivity index (χ1n) is 3.93. The molecule has 0 aliphatic heterocycles. The largest absolute Gasteiger partial charge is 0.412 e. The summed E-state index contributed by atoms with van der Waals surface area (Å²) in [7, 11) is 1.48. The van der Waals surface area contributed by atoms with E-state index in [1.165, 1.54) is 24.0 Å². The van der Waals surface area contributed by atoms with Gasteiger partial charge in [-0.25, -0.2) is 0 Å². The molecule has 92 valence electrons. The minimum absolute atomic E-state index is 0. The van der Waals surface area contributed by atoms with Gasteiger partial charge in [-0.2, -0.15) is 18.3 Å². The molecule has 0 radical (unpaired) electrons. The van der Waals surface area contributed by atoms with Crippen molar-refractivity contribution in [2.24, 2.45) is 12.8 Å². The van der Waals surface area contributed by atoms with Crippen LogP contribution in [0.4, 0.5) is 19.0 Å². The van der Waals surface area contributed by atoms with Crippen molar-refractivity contribution in [3.63, 3.8) is 0 Å². The highest BCUT2D eigenvalue weighted by Crippen LogP contribution is 2.19. The number of carbonyl (C=O) groups is 1. The molecule has 1 rings (SSSR count). The van der Waals surface area contributed by atoms with Crippen LogP contribution in [0.15, 0.2) is 12.3 Å². The zero-order valence-corrected chi connectivity index (χ0v) is 8.97. The Morgan fingerprint density at radius 1 is 1.62 bits per heavy atom. The summed E-state index contributed by atoms with van der Waals surface area (Å²) in [5.74, 6) is -1.16. The van der Waals surface area contributed by atoms with Crippen LogP contribution in [0.3, 0.4) is 0 Å². The van der Waals surface area contributed by atoms with Gasteiger partial charge in [-0.15, -0.1) is 12.4 Å². The molecule has 0 bridgehead atoms. The summed E-state index contributed by atoms with van der Waals surface area (Å²) in [6, 6.07) is -1.17. The van der Waals surface area contributed by atoms with E-state index in [9.17, 15) is 18.0 Å². The summed E-state index contributed by atoms with van der Waals surface area (Å²) in [6.07, 6.45) is -3.41. The van der Waals surface area contributed by atoms with Crippen LogP contribution in [0.5, 0.6) is 0 Å². The van der Waals surface area contributed by atoms with Crippen LogP contribution in [0.1, 0.15) is 0 Å². The number of halogens is 4. The number of anilines is 1. The van der Waals surface area contributed by atoms with Gasteiger partial charge in [0, 0.05) is 13.1 Å². The van der Waals surface area contributed by atoms with Crippen molar-refractivity contribution in [1.82, 2.24) is 9.78 Å². The molecule has 0 fully saturated rings. The van der Waals surface area contributed by atoms with E-state index in [0.717, 1.165) is 0 Å². The summed E-state index contributed by atoms with van der Waals surface area (Å²) in [5, 5.41) is 5.68. The molecular weight excluding hydrogens is 249 g/mol. The van der Waals surface area contributed by atoms with Gasteiger partial charge in [-0.05, 0) is 0 Å². The Morgan fingerprint density at radius 3 is 2.56 bits per heavy atom. The number of amides is 1. The molecule has 0 aliphatic rings. The van der Waals surface area contributed by atoms with Crippen molar-refractivity contribution in [3.05, 3.63) is 12.3 Å². The first-order chi connectivity index (χ1) is 6.82. The van der Waals surface area contributed by atoms with Crippen molar-refractivity contribution in [2.45, 2.75) is 12.2 Å². The van der Waals surface area contributed by atoms with Gasteiger partial charge in [0.1, 0.15) is 5.82 Å². The lowest BCUT2D eigenvalue weighted by Gasteiger charge is -2.14. The lowest BCUT2D eigenvalue weighted by atomic mass is 10.3. The van der Waals surface area contributed by atoms with E-state index in [2.05, 4.69) is 5.10 Å². The number of nitrogens with zero attached hydrogens (tertiary/aromatic N) is 2. The minimum Gasteiger partial charge on any atom is -0.312 e. The zero-order chi connectivity index (χ0) is 11.6. The summed E-state index contributed by atoms with van der Waals surface area (Å²) in [5.41, 5.74) is 4.69. The van der Waals surface area contributed by atoms with E-state index in [-0.39, 0.29) is 18.2 Å². The van der Waals surface area contributed by atoms with Gasteiger partial charge in [0.05, 0.1) is 6.20 Å². The molecule has 1 amide bonds. The Bertz CT molecular complexity index is 365. The highest BCUT2D eigenvalue weighted by atomic mass is 35.5. The Kier molecular flexibility index (Phi) is 4.76. The van der Waals surface area contributed by atoms with Crippen LogP contribution in [0.2, 0.25) is 0 Å². The fourth-order valence-corrected chi connectivity index (χ4v) is 0.849. The van der Waals surface area contributed by atoms with Crippen LogP contribution >= 0.6 is 12.4 Å². The fraction of sp³-hybridized carbons (Fsp3) is 0.429. The Labute approximate surface area is 95.2 Å². The van der Waals surface area contributed by atoms with Crippen molar-refractivity contribution >= 4 is 24.1 Å². The number of hydrogen-bond donors (Lipinski definition) is 2. The number of aryl methyl sites for hydroxylation is 1. The Balaban J connectivity index is 0.00000225. The molecule has 1 heterocycles. The second kappa shape index (κ2) is 5.17. The predicted octanol–water partition coefficient (Wildman–Crippen LogP) is 0.670. The molecule has 3 N–H and O–H groups in total. The highest BCUT2D eigenvalue weighted by Gasteiger charge is 2.42. The monoisotopic (exact) mass is 258 g/mol. The topological polar surface area (TPSA) is 72.9 Å². The first kappa shape index (κ1) is 14.7. The smallest absolute Gasteiger partial charge is 0.312 e. The third-order valence-electron chi connectivity index (χ3n) is 1.71. The molecule has 0 saturated heterocycles. The predicted molar refractivity (Wildman–Crippen MR) is 53.1 cm³/mol. The molecular formula is C7H10ClF3N4O. The summed E-state index contributed by atoms with van der Waals surface area (Å²) in [4.78, 5) is 11.0. The van der Waals surface area contributed by atoms with E-state index in [1.54, 1.807) is 0 Å². The second-order valence-electron chi connectivity index (χ2n) is 2.85. The quantitative estimate of drug-likeness (QED) is 0.819. The number of nitrogens with one attached hydrogen (secondary N) is 1. The van der Waals surface area contributed by atoms with Crippen molar-refractivity contribution < 1.29 is 18.0 Å². The standard InChI is InChI=1S/C7H9F3N4O.ClH/c1-14-4(2-3-12-14)13-6(15)5(11)7(8,9)10;/h2-3,5H,11H2,1H3,(H,13,15);1H. The van der Waals surface area contributed by atoms with Gasteiger partial charge in [0.15, 0.2) is 6.04 Å². The fourth-order valence-electron chi connectivity index (χ4n) is 0.849. The maximum Gasteiger partial charge on any atom is 0.412 e. The maximum atomic E-state index is 12.0. The van der Waals surface area contributed by atoms with Gasteiger partial charge in [0.25, 0.3) is 5.91 Å². The van der Waals surface area contributed by atoms with Crippen LogP contribution < -0.4 is 11.1 Å². The van der Waals surface area contributed by atoms with Crippen LogP contribution in [-0.4, -0.2) is 27.9 Å². The minimum atomic E-state index is -4.75. The average Bonchev–Trinajstić information content (AvgIpc) is 2.49. The molecule has 1 unspecified atom stereocenters. The van der Waals surface area contributed by atoms with E-state index < -0.39 is 18.1 Å². The normalized spacial score (nSPS) is 12.8. The van der Waals surface area contributed by atoms with E-state index in [1.807, 2.05) is 5.32 Å². The molecule has 0 aliphatic carbocycles. The number of carbonyl (C=O) groups excluding carboxylic acids is 1. The number of hydrogen-bond acceptors (Lipinski definition) is 3. The molecule has 0 spiro atoms. The van der Waals surface area contributed by atoms with Gasteiger partial charge in [-0.1, -0.05) is 0 Å². The van der Waals surface area contributed by atoms with Gasteiger partial charge < -0.3 is 11.1 Å². The Hall–Kier alpha value is -1.28. The van der Waals surface area contributed by atoms with E-state index in [0.29, 0.717) is 0 Å². The third kappa shape index (κ3) is 3.38. The second-order valence-corrected chi connectivity index (χ2v) is 2.85. The van der Waals surface area contributed by atoms with Crippen molar-refractivity contribution in [2.75, 3.05) is 5.32 Å². The summed E-state index contributed by atoms with van der Waals surface area (Å²) < 4.78 is 37.3. The summed E-state index contributed by atoms with van der Waals surface area (Å²) >= 11 is 0. The highest BCUT2D eigenvalue weighted by molar-refractivity contribution is 5.94. The van der Waals surface area contributed by atoms with Crippen molar-refractivity contribution in [1.29, 1.82) is 0 Å². The number of aromatic nitrogens is 2.